The van der Waals surface area contributed by atoms with Crippen molar-refractivity contribution in [2.45, 2.75) is 58.2 Å². The molecule has 0 amide bonds. The Bertz CT molecular complexity index is 1200. The lowest BCUT2D eigenvalue weighted by molar-refractivity contribution is -0.141. The second kappa shape index (κ2) is 10.0. The van der Waals surface area contributed by atoms with E-state index in [1.165, 1.54) is 35.8 Å². The third kappa shape index (κ3) is 5.14. The molecule has 0 bridgehead atoms. The first-order chi connectivity index (χ1) is 17.0. The first-order valence-corrected chi connectivity index (χ1v) is 12.3. The van der Waals surface area contributed by atoms with Gasteiger partial charge < -0.3 is 18.9 Å². The van der Waals surface area contributed by atoms with E-state index in [-0.39, 0.29) is 11.9 Å². The van der Waals surface area contributed by atoms with Crippen molar-refractivity contribution in [1.29, 1.82) is 0 Å². The highest BCUT2D eigenvalue weighted by Gasteiger charge is 2.27. The summed E-state index contributed by atoms with van der Waals surface area (Å²) in [5, 5.41) is 0. The Labute approximate surface area is 207 Å². The molecule has 1 fully saturated rings. The van der Waals surface area contributed by atoms with Crippen LogP contribution in [0.4, 0.5) is 0 Å². The van der Waals surface area contributed by atoms with Crippen molar-refractivity contribution >= 4 is 5.97 Å². The molecule has 3 aromatic rings. The Morgan fingerprint density at radius 3 is 2.51 bits per heavy atom. The molecule has 0 radical (unpaired) electrons. The van der Waals surface area contributed by atoms with Crippen LogP contribution in [0.2, 0.25) is 0 Å². The fourth-order valence-corrected chi connectivity index (χ4v) is 4.91. The molecule has 5 rings (SSSR count). The lowest BCUT2D eigenvalue weighted by Crippen LogP contribution is -2.24. The van der Waals surface area contributed by atoms with Crippen molar-refractivity contribution in [3.8, 4) is 28.4 Å². The zero-order valence-corrected chi connectivity index (χ0v) is 20.6. The van der Waals surface area contributed by atoms with Gasteiger partial charge in [-0.25, -0.2) is 0 Å². The van der Waals surface area contributed by atoms with Crippen LogP contribution in [0, 0.1) is 13.8 Å². The van der Waals surface area contributed by atoms with Gasteiger partial charge in [0.25, 0.3) is 0 Å². The number of fused-ring (bicyclic) bond motifs is 1. The molecule has 1 heterocycles. The molecule has 0 aromatic heterocycles. The molecule has 1 atom stereocenters. The van der Waals surface area contributed by atoms with E-state index in [1.54, 1.807) is 0 Å². The van der Waals surface area contributed by atoms with E-state index in [0.29, 0.717) is 25.7 Å². The van der Waals surface area contributed by atoms with E-state index >= 15 is 0 Å². The molecule has 1 aliphatic carbocycles. The summed E-state index contributed by atoms with van der Waals surface area (Å²) in [4.78, 5) is 11.6. The summed E-state index contributed by atoms with van der Waals surface area (Å²) in [7, 11) is 1.41. The van der Waals surface area contributed by atoms with Crippen LogP contribution in [-0.2, 0) is 16.1 Å². The van der Waals surface area contributed by atoms with Crippen LogP contribution in [-0.4, -0.2) is 25.8 Å². The molecular formula is C30H32O5. The molecule has 0 saturated heterocycles. The summed E-state index contributed by atoms with van der Waals surface area (Å²) in [6.45, 7) is 5.24. The molecule has 0 N–H and O–H groups in total. The molecule has 5 nitrogen and oxygen atoms in total. The van der Waals surface area contributed by atoms with E-state index in [2.05, 4.69) is 50.2 Å². The van der Waals surface area contributed by atoms with Crippen molar-refractivity contribution in [2.24, 2.45) is 0 Å². The Hall–Kier alpha value is -3.47. The Balaban J connectivity index is 1.27. The number of methoxy groups -OCH3 is 1. The molecule has 1 aliphatic heterocycles. The quantitative estimate of drug-likeness (QED) is 0.349. The third-order valence-corrected chi connectivity index (χ3v) is 6.99. The maximum atomic E-state index is 11.6. The van der Waals surface area contributed by atoms with Gasteiger partial charge >= 0.3 is 5.97 Å². The van der Waals surface area contributed by atoms with Gasteiger partial charge in [0.2, 0.25) is 0 Å². The number of ether oxygens (including phenoxy) is 4. The minimum absolute atomic E-state index is 0.0279. The monoisotopic (exact) mass is 472 g/mol. The molecule has 3 aromatic carbocycles. The number of esters is 1. The number of hydrogen-bond donors (Lipinski definition) is 0. The van der Waals surface area contributed by atoms with Gasteiger partial charge in [-0.1, -0.05) is 24.3 Å². The lowest BCUT2D eigenvalue weighted by atomic mass is 9.93. The van der Waals surface area contributed by atoms with Crippen LogP contribution < -0.4 is 14.2 Å². The number of carbonyl (C=O) groups excluding carboxylic acids is 1. The van der Waals surface area contributed by atoms with E-state index in [0.717, 1.165) is 41.2 Å². The number of rotatable bonds is 8. The summed E-state index contributed by atoms with van der Waals surface area (Å²) >= 11 is 0. The van der Waals surface area contributed by atoms with Gasteiger partial charge in [0.15, 0.2) is 0 Å². The van der Waals surface area contributed by atoms with Crippen molar-refractivity contribution in [1.82, 2.24) is 0 Å². The number of aryl methyl sites for hydroxylation is 2. The summed E-state index contributed by atoms with van der Waals surface area (Å²) in [5.41, 5.74) is 6.99. The van der Waals surface area contributed by atoms with Crippen molar-refractivity contribution in [2.75, 3.05) is 13.7 Å². The van der Waals surface area contributed by atoms with Crippen LogP contribution >= 0.6 is 0 Å². The smallest absolute Gasteiger partial charge is 0.306 e. The SMILES string of the molecule is COC(=O)C[C@@H]1COc2cc(OCc3cccc(-c4c(C)cc(OC5CCC5)cc4C)c3)ccc21. The van der Waals surface area contributed by atoms with E-state index in [9.17, 15) is 4.79 Å². The predicted octanol–water partition coefficient (Wildman–Crippen LogP) is 6.52. The highest BCUT2D eigenvalue weighted by Crippen LogP contribution is 2.39. The number of carbonyl (C=O) groups is 1. The maximum Gasteiger partial charge on any atom is 0.306 e. The molecule has 35 heavy (non-hydrogen) atoms. The van der Waals surface area contributed by atoms with E-state index < -0.39 is 0 Å². The molecule has 5 heteroatoms. The summed E-state index contributed by atoms with van der Waals surface area (Å²) < 4.78 is 22.8. The summed E-state index contributed by atoms with van der Waals surface area (Å²) in [6, 6.07) is 18.6. The first kappa shape index (κ1) is 23.3. The average Bonchev–Trinajstić information content (AvgIpc) is 3.21. The summed E-state index contributed by atoms with van der Waals surface area (Å²) in [5.74, 6) is 2.30. The normalized spacial score (nSPS) is 16.7. The molecular weight excluding hydrogens is 440 g/mol. The van der Waals surface area contributed by atoms with Gasteiger partial charge in [-0.05, 0) is 85.2 Å². The molecule has 1 saturated carbocycles. The van der Waals surface area contributed by atoms with E-state index in [1.807, 2.05) is 18.2 Å². The van der Waals surface area contributed by atoms with Gasteiger partial charge in [-0.2, -0.15) is 0 Å². The van der Waals surface area contributed by atoms with Gasteiger partial charge in [-0.15, -0.1) is 0 Å². The van der Waals surface area contributed by atoms with Crippen LogP contribution in [0.5, 0.6) is 17.2 Å². The minimum Gasteiger partial charge on any atom is -0.492 e. The largest absolute Gasteiger partial charge is 0.492 e. The standard InChI is InChI=1S/C30H32O5/c1-19-12-26(35-24-8-5-9-24)13-20(2)30(19)22-7-4-6-21(14-22)17-33-25-10-11-27-23(15-29(31)32-3)18-34-28(27)16-25/h4,6-7,10-14,16,23-24H,5,8-9,15,17-18H2,1-3H3/t23-/m1/s1. The molecule has 0 unspecified atom stereocenters. The highest BCUT2D eigenvalue weighted by molar-refractivity contribution is 5.72. The first-order valence-electron chi connectivity index (χ1n) is 12.3. The van der Waals surface area contributed by atoms with Crippen LogP contribution in [0.1, 0.15) is 53.9 Å². The van der Waals surface area contributed by atoms with Gasteiger partial charge in [0.1, 0.15) is 23.9 Å². The second-order valence-electron chi connectivity index (χ2n) is 9.58. The molecule has 2 aliphatic rings. The van der Waals surface area contributed by atoms with Crippen LogP contribution in [0.15, 0.2) is 54.6 Å². The zero-order chi connectivity index (χ0) is 24.4. The predicted molar refractivity (Wildman–Crippen MR) is 135 cm³/mol. The van der Waals surface area contributed by atoms with Gasteiger partial charge in [-0.3, -0.25) is 4.79 Å². The lowest BCUT2D eigenvalue weighted by Gasteiger charge is -2.27. The topological polar surface area (TPSA) is 54.0 Å². The number of hydrogen-bond acceptors (Lipinski definition) is 5. The second-order valence-corrected chi connectivity index (χ2v) is 9.58. The van der Waals surface area contributed by atoms with Gasteiger partial charge in [0, 0.05) is 17.5 Å². The fourth-order valence-electron chi connectivity index (χ4n) is 4.91. The fraction of sp³-hybridized carbons (Fsp3) is 0.367. The van der Waals surface area contributed by atoms with Crippen LogP contribution in [0.25, 0.3) is 11.1 Å². The van der Waals surface area contributed by atoms with Crippen LogP contribution in [0.3, 0.4) is 0 Å². The van der Waals surface area contributed by atoms with Gasteiger partial charge in [0.05, 0.1) is 26.2 Å². The number of benzene rings is 3. The third-order valence-electron chi connectivity index (χ3n) is 6.99. The van der Waals surface area contributed by atoms with E-state index in [4.69, 9.17) is 18.9 Å². The Morgan fingerprint density at radius 2 is 1.80 bits per heavy atom. The maximum absolute atomic E-state index is 11.6. The molecule has 182 valence electrons. The average molecular weight is 473 g/mol. The minimum atomic E-state index is -0.224. The van der Waals surface area contributed by atoms with Crippen molar-refractivity contribution in [3.63, 3.8) is 0 Å². The summed E-state index contributed by atoms with van der Waals surface area (Å²) in [6.07, 6.45) is 4.29. The van der Waals surface area contributed by atoms with Crippen molar-refractivity contribution < 1.29 is 23.7 Å². The highest BCUT2D eigenvalue weighted by atomic mass is 16.5. The Kier molecular flexibility index (Phi) is 6.67. The van der Waals surface area contributed by atoms with Crippen molar-refractivity contribution in [3.05, 3.63) is 76.9 Å². The molecule has 0 spiro atoms. The zero-order valence-electron chi connectivity index (χ0n) is 20.6. The Morgan fingerprint density at radius 1 is 1.00 bits per heavy atom.